The van der Waals surface area contributed by atoms with Gasteiger partial charge in [-0.1, -0.05) is 18.2 Å². The van der Waals surface area contributed by atoms with E-state index in [0.717, 1.165) is 35.9 Å². The van der Waals surface area contributed by atoms with Gasteiger partial charge in [0.25, 0.3) is 0 Å². The number of rotatable bonds is 8. The normalized spacial score (nSPS) is 10.9. The molecule has 6 nitrogen and oxygen atoms in total. The molecule has 0 bridgehead atoms. The molecule has 29 heavy (non-hydrogen) atoms. The zero-order chi connectivity index (χ0) is 20.1. The van der Waals surface area contributed by atoms with Crippen molar-refractivity contribution in [3.8, 4) is 11.6 Å². The van der Waals surface area contributed by atoms with Gasteiger partial charge in [0, 0.05) is 23.9 Å². The maximum atomic E-state index is 12.7. The number of aromatic amines is 1. The summed E-state index contributed by atoms with van der Waals surface area (Å²) in [4.78, 5) is 24.5. The molecule has 2 heterocycles. The van der Waals surface area contributed by atoms with Crippen LogP contribution in [0.25, 0.3) is 11.0 Å². The number of aliphatic hydroxyl groups excluding tert-OH is 1. The number of hydrogen-bond acceptors (Lipinski definition) is 5. The summed E-state index contributed by atoms with van der Waals surface area (Å²) >= 11 is 0. The van der Waals surface area contributed by atoms with Crippen LogP contribution in [-0.4, -0.2) is 32.4 Å². The third-order valence-corrected chi connectivity index (χ3v) is 4.64. The summed E-state index contributed by atoms with van der Waals surface area (Å²) in [5.41, 5.74) is 3.11. The molecule has 2 N–H and O–H groups in total. The highest BCUT2D eigenvalue weighted by molar-refractivity contribution is 6.08. The molecule has 4 aromatic rings. The Bertz CT molecular complexity index is 1090. The van der Waals surface area contributed by atoms with Gasteiger partial charge in [0.05, 0.1) is 11.0 Å². The van der Waals surface area contributed by atoms with Crippen LogP contribution in [0, 0.1) is 0 Å². The Labute approximate surface area is 168 Å². The second-order valence-corrected chi connectivity index (χ2v) is 6.71. The summed E-state index contributed by atoms with van der Waals surface area (Å²) in [7, 11) is 0. The zero-order valence-corrected chi connectivity index (χ0v) is 15.8. The van der Waals surface area contributed by atoms with Crippen LogP contribution in [0.15, 0.2) is 66.9 Å². The number of unbranched alkanes of at least 4 members (excludes halogenated alkanes) is 1. The summed E-state index contributed by atoms with van der Waals surface area (Å²) in [6, 6.07) is 18.3. The lowest BCUT2D eigenvalue weighted by atomic mass is 10.1. The van der Waals surface area contributed by atoms with E-state index in [-0.39, 0.29) is 12.4 Å². The van der Waals surface area contributed by atoms with E-state index in [1.165, 1.54) is 0 Å². The molecular formula is C23H21N3O3. The van der Waals surface area contributed by atoms with Crippen molar-refractivity contribution in [1.29, 1.82) is 0 Å². The molecule has 0 saturated carbocycles. The van der Waals surface area contributed by atoms with Crippen molar-refractivity contribution in [3.63, 3.8) is 0 Å². The van der Waals surface area contributed by atoms with Crippen LogP contribution in [0.1, 0.15) is 34.6 Å². The molecule has 146 valence electrons. The molecule has 2 aromatic carbocycles. The summed E-state index contributed by atoms with van der Waals surface area (Å²) in [5.74, 6) is 1.29. The van der Waals surface area contributed by atoms with E-state index < -0.39 is 0 Å². The lowest BCUT2D eigenvalue weighted by Crippen LogP contribution is -2.03. The number of nitrogens with zero attached hydrogens (tertiary/aromatic N) is 2. The number of aryl methyl sites for hydroxylation is 1. The maximum absolute atomic E-state index is 12.7. The van der Waals surface area contributed by atoms with E-state index in [0.29, 0.717) is 23.0 Å². The van der Waals surface area contributed by atoms with Gasteiger partial charge in [-0.2, -0.15) is 0 Å². The Kier molecular flexibility index (Phi) is 5.63. The second-order valence-electron chi connectivity index (χ2n) is 6.71. The van der Waals surface area contributed by atoms with E-state index in [1.807, 2.05) is 36.4 Å². The van der Waals surface area contributed by atoms with Gasteiger partial charge in [0.2, 0.25) is 11.7 Å². The number of aliphatic hydroxyl groups is 1. The van der Waals surface area contributed by atoms with Crippen molar-refractivity contribution < 1.29 is 14.6 Å². The van der Waals surface area contributed by atoms with Crippen LogP contribution in [0.3, 0.4) is 0 Å². The summed E-state index contributed by atoms with van der Waals surface area (Å²) < 4.78 is 5.92. The monoisotopic (exact) mass is 387 g/mol. The number of H-pyrrole nitrogens is 1. The average molecular weight is 387 g/mol. The Morgan fingerprint density at radius 2 is 1.83 bits per heavy atom. The first-order valence-electron chi connectivity index (χ1n) is 9.57. The summed E-state index contributed by atoms with van der Waals surface area (Å²) in [5, 5.41) is 8.96. The molecule has 0 fully saturated rings. The highest BCUT2D eigenvalue weighted by Crippen LogP contribution is 2.25. The third-order valence-electron chi connectivity index (χ3n) is 4.64. The van der Waals surface area contributed by atoms with Crippen molar-refractivity contribution in [2.24, 2.45) is 0 Å². The Morgan fingerprint density at radius 1 is 1.00 bits per heavy atom. The number of para-hydroxylation sites is 2. The van der Waals surface area contributed by atoms with Crippen LogP contribution in [0.2, 0.25) is 0 Å². The van der Waals surface area contributed by atoms with Gasteiger partial charge in [-0.15, -0.1) is 0 Å². The largest absolute Gasteiger partial charge is 0.439 e. The minimum Gasteiger partial charge on any atom is -0.439 e. The number of ether oxygens (including phenoxy) is 1. The average Bonchev–Trinajstić information content (AvgIpc) is 3.19. The molecule has 0 unspecified atom stereocenters. The first-order chi connectivity index (χ1) is 14.2. The van der Waals surface area contributed by atoms with Crippen LogP contribution in [-0.2, 0) is 6.42 Å². The van der Waals surface area contributed by atoms with Gasteiger partial charge in [0.15, 0.2) is 5.82 Å². The fourth-order valence-electron chi connectivity index (χ4n) is 3.12. The minimum atomic E-state index is -0.171. The smallest absolute Gasteiger partial charge is 0.228 e. The zero-order valence-electron chi connectivity index (χ0n) is 15.8. The fraction of sp³-hybridized carbons (Fsp3) is 0.174. The maximum Gasteiger partial charge on any atom is 0.228 e. The van der Waals surface area contributed by atoms with E-state index in [2.05, 4.69) is 15.0 Å². The molecular weight excluding hydrogens is 366 g/mol. The van der Waals surface area contributed by atoms with Gasteiger partial charge in [-0.3, -0.25) is 4.79 Å². The lowest BCUT2D eigenvalue weighted by Gasteiger charge is -2.10. The molecule has 0 radical (unpaired) electrons. The number of carbonyl (C=O) groups is 1. The number of nitrogens with one attached hydrogen (secondary N) is 1. The highest BCUT2D eigenvalue weighted by Gasteiger charge is 2.14. The number of carbonyl (C=O) groups excluding carboxylic acids is 1. The SMILES string of the molecule is O=C(c1ccc(Oc2ncccc2CCCCO)cc1)c1nc2ccccc2[nH]1. The molecule has 6 heteroatoms. The van der Waals surface area contributed by atoms with Crippen molar-refractivity contribution in [2.45, 2.75) is 19.3 Å². The quantitative estimate of drug-likeness (QED) is 0.348. The first kappa shape index (κ1) is 18.8. The highest BCUT2D eigenvalue weighted by atomic mass is 16.5. The topological polar surface area (TPSA) is 88.1 Å². The third kappa shape index (κ3) is 4.33. The van der Waals surface area contributed by atoms with Crippen molar-refractivity contribution in [3.05, 3.63) is 83.8 Å². The molecule has 2 aromatic heterocycles. The number of aromatic nitrogens is 3. The first-order valence-corrected chi connectivity index (χ1v) is 9.57. The van der Waals surface area contributed by atoms with Crippen LogP contribution in [0.5, 0.6) is 11.6 Å². The Hall–Kier alpha value is -3.51. The standard InChI is InChI=1S/C23H21N3O3/c27-15-4-3-6-17-7-5-14-24-23(17)29-18-12-10-16(11-13-18)21(28)22-25-19-8-1-2-9-20(19)26-22/h1-2,5,7-14,27H,3-4,6,15H2,(H,25,26). The molecule has 0 aliphatic heterocycles. The number of ketones is 1. The van der Waals surface area contributed by atoms with Gasteiger partial charge >= 0.3 is 0 Å². The number of imidazole rings is 1. The predicted molar refractivity (Wildman–Crippen MR) is 110 cm³/mol. The fourth-order valence-corrected chi connectivity index (χ4v) is 3.12. The molecule has 0 aliphatic carbocycles. The summed E-state index contributed by atoms with van der Waals surface area (Å²) in [6.07, 6.45) is 4.08. The van der Waals surface area contributed by atoms with Crippen LogP contribution >= 0.6 is 0 Å². The minimum absolute atomic E-state index is 0.171. The molecule has 0 atom stereocenters. The molecule has 4 rings (SSSR count). The van der Waals surface area contributed by atoms with E-state index >= 15 is 0 Å². The van der Waals surface area contributed by atoms with Gasteiger partial charge in [-0.25, -0.2) is 9.97 Å². The Morgan fingerprint density at radius 3 is 2.62 bits per heavy atom. The van der Waals surface area contributed by atoms with E-state index in [1.54, 1.807) is 30.5 Å². The van der Waals surface area contributed by atoms with Gasteiger partial charge in [0.1, 0.15) is 5.75 Å². The molecule has 0 saturated heterocycles. The molecule has 0 spiro atoms. The van der Waals surface area contributed by atoms with Crippen LogP contribution < -0.4 is 4.74 Å². The molecule has 0 aliphatic rings. The number of benzene rings is 2. The van der Waals surface area contributed by atoms with Crippen molar-refractivity contribution in [1.82, 2.24) is 15.0 Å². The molecule has 0 amide bonds. The second kappa shape index (κ2) is 8.67. The van der Waals surface area contributed by atoms with Crippen LogP contribution in [0.4, 0.5) is 0 Å². The number of pyridine rings is 1. The number of fused-ring (bicyclic) bond motifs is 1. The van der Waals surface area contributed by atoms with Crippen molar-refractivity contribution >= 4 is 16.8 Å². The van der Waals surface area contributed by atoms with Gasteiger partial charge in [-0.05, 0) is 61.7 Å². The van der Waals surface area contributed by atoms with Gasteiger partial charge < -0.3 is 14.8 Å². The predicted octanol–water partition coefficient (Wildman–Crippen LogP) is 4.30. The number of hydrogen-bond donors (Lipinski definition) is 2. The Balaban J connectivity index is 1.49. The van der Waals surface area contributed by atoms with Crippen molar-refractivity contribution in [2.75, 3.05) is 6.61 Å². The lowest BCUT2D eigenvalue weighted by molar-refractivity contribution is 0.103. The summed E-state index contributed by atoms with van der Waals surface area (Å²) in [6.45, 7) is 0.178. The van der Waals surface area contributed by atoms with E-state index in [4.69, 9.17) is 9.84 Å². The van der Waals surface area contributed by atoms with E-state index in [9.17, 15) is 4.79 Å².